The Bertz CT molecular complexity index is 229. The molecular weight excluding hydrogens is 198 g/mol. The van der Waals surface area contributed by atoms with E-state index in [1.165, 1.54) is 7.11 Å². The summed E-state index contributed by atoms with van der Waals surface area (Å²) in [6.45, 7) is 5.94. The van der Waals surface area contributed by atoms with Crippen LogP contribution in [0.15, 0.2) is 0 Å². The molecule has 5 nitrogen and oxygen atoms in total. The molecule has 0 bridgehead atoms. The highest BCUT2D eigenvalue weighted by atomic mass is 16.5. The average molecular weight is 217 g/mol. The lowest BCUT2D eigenvalue weighted by Gasteiger charge is -2.44. The molecule has 0 aliphatic carbocycles. The van der Waals surface area contributed by atoms with Crippen molar-refractivity contribution in [1.82, 2.24) is 4.90 Å². The van der Waals surface area contributed by atoms with Crippen molar-refractivity contribution in [3.8, 4) is 0 Å². The number of hydrogen-bond donors (Lipinski definition) is 1. The van der Waals surface area contributed by atoms with Crippen molar-refractivity contribution in [2.75, 3.05) is 33.5 Å². The summed E-state index contributed by atoms with van der Waals surface area (Å²) in [5.41, 5.74) is -0.250. The average Bonchev–Trinajstić information content (AvgIpc) is 2.14. The minimum atomic E-state index is -0.841. The Balaban J connectivity index is 2.76. The summed E-state index contributed by atoms with van der Waals surface area (Å²) in [7, 11) is 1.52. The Morgan fingerprint density at radius 3 is 2.80 bits per heavy atom. The van der Waals surface area contributed by atoms with Crippen molar-refractivity contribution >= 4 is 5.97 Å². The van der Waals surface area contributed by atoms with Gasteiger partial charge in [0.15, 0.2) is 0 Å². The summed E-state index contributed by atoms with van der Waals surface area (Å²) in [4.78, 5) is 13.0. The van der Waals surface area contributed by atoms with Crippen LogP contribution in [0, 0.1) is 0 Å². The molecule has 1 aliphatic rings. The molecule has 1 saturated heterocycles. The van der Waals surface area contributed by atoms with E-state index in [-0.39, 0.29) is 12.1 Å². The van der Waals surface area contributed by atoms with Gasteiger partial charge in [0.05, 0.1) is 19.8 Å². The van der Waals surface area contributed by atoms with E-state index in [1.807, 2.05) is 18.7 Å². The quantitative estimate of drug-likeness (QED) is 0.728. The minimum absolute atomic E-state index is 0.207. The zero-order valence-electron chi connectivity index (χ0n) is 9.52. The second kappa shape index (κ2) is 4.92. The minimum Gasteiger partial charge on any atom is -0.480 e. The molecule has 1 N–H and O–H groups in total. The predicted molar refractivity (Wildman–Crippen MR) is 54.9 cm³/mol. The predicted octanol–water partition coefficient (Wildman–Crippen LogP) is 0.197. The summed E-state index contributed by atoms with van der Waals surface area (Å²) >= 11 is 0. The van der Waals surface area contributed by atoms with E-state index in [9.17, 15) is 4.79 Å². The smallest absolute Gasteiger partial charge is 0.323 e. The fourth-order valence-corrected chi connectivity index (χ4v) is 1.90. The van der Waals surface area contributed by atoms with Gasteiger partial charge in [-0.1, -0.05) is 0 Å². The summed E-state index contributed by atoms with van der Waals surface area (Å²) in [5.74, 6) is -0.841. The third kappa shape index (κ3) is 2.90. The van der Waals surface area contributed by atoms with Gasteiger partial charge in [-0.3, -0.25) is 9.69 Å². The fraction of sp³-hybridized carbons (Fsp3) is 0.900. The number of nitrogens with zero attached hydrogens (tertiary/aromatic N) is 1. The summed E-state index contributed by atoms with van der Waals surface area (Å²) in [6.07, 6.45) is 0. The van der Waals surface area contributed by atoms with Gasteiger partial charge in [-0.15, -0.1) is 0 Å². The molecule has 0 aromatic carbocycles. The van der Waals surface area contributed by atoms with Crippen LogP contribution in [0.4, 0.5) is 0 Å². The number of methoxy groups -OCH3 is 1. The maximum atomic E-state index is 11.1. The number of carboxylic acids is 1. The van der Waals surface area contributed by atoms with Crippen molar-refractivity contribution in [3.63, 3.8) is 0 Å². The molecule has 0 radical (unpaired) electrons. The highest BCUT2D eigenvalue weighted by molar-refractivity contribution is 5.73. The summed E-state index contributed by atoms with van der Waals surface area (Å²) in [5, 5.41) is 9.13. The molecule has 1 rings (SSSR count). The molecule has 0 saturated carbocycles. The maximum Gasteiger partial charge on any atom is 0.323 e. The highest BCUT2D eigenvalue weighted by Crippen LogP contribution is 2.22. The Morgan fingerprint density at radius 2 is 2.33 bits per heavy atom. The SMILES string of the molecule is COCC(C(=O)O)N1CCOCC1(C)C. The maximum absolute atomic E-state index is 11.1. The summed E-state index contributed by atoms with van der Waals surface area (Å²) < 4.78 is 10.3. The van der Waals surface area contributed by atoms with E-state index < -0.39 is 12.0 Å². The van der Waals surface area contributed by atoms with E-state index in [1.54, 1.807) is 0 Å². The third-order valence-corrected chi connectivity index (χ3v) is 2.70. The Kier molecular flexibility index (Phi) is 4.07. The van der Waals surface area contributed by atoms with E-state index >= 15 is 0 Å². The molecule has 1 heterocycles. The van der Waals surface area contributed by atoms with Crippen LogP contribution in [0.1, 0.15) is 13.8 Å². The van der Waals surface area contributed by atoms with Gasteiger partial charge in [-0.25, -0.2) is 0 Å². The van der Waals surface area contributed by atoms with E-state index in [2.05, 4.69) is 0 Å². The van der Waals surface area contributed by atoms with Crippen LogP contribution in [-0.4, -0.2) is 61.0 Å². The first kappa shape index (κ1) is 12.4. The van der Waals surface area contributed by atoms with Gasteiger partial charge < -0.3 is 14.6 Å². The van der Waals surface area contributed by atoms with Gasteiger partial charge in [0, 0.05) is 19.2 Å². The Labute approximate surface area is 90.0 Å². The molecule has 1 unspecified atom stereocenters. The molecular formula is C10H19NO4. The van der Waals surface area contributed by atoms with Crippen LogP contribution in [0.25, 0.3) is 0 Å². The molecule has 5 heteroatoms. The first-order valence-corrected chi connectivity index (χ1v) is 5.05. The van der Waals surface area contributed by atoms with Crippen molar-refractivity contribution in [3.05, 3.63) is 0 Å². The van der Waals surface area contributed by atoms with Crippen LogP contribution in [0.5, 0.6) is 0 Å². The number of rotatable bonds is 4. The third-order valence-electron chi connectivity index (χ3n) is 2.70. The Morgan fingerprint density at radius 1 is 1.67 bits per heavy atom. The van der Waals surface area contributed by atoms with Crippen molar-refractivity contribution in [2.24, 2.45) is 0 Å². The van der Waals surface area contributed by atoms with Crippen molar-refractivity contribution in [2.45, 2.75) is 25.4 Å². The van der Waals surface area contributed by atoms with Gasteiger partial charge in [-0.05, 0) is 13.8 Å². The van der Waals surface area contributed by atoms with Crippen LogP contribution in [-0.2, 0) is 14.3 Å². The van der Waals surface area contributed by atoms with Crippen LogP contribution >= 0.6 is 0 Å². The van der Waals surface area contributed by atoms with E-state index in [0.717, 1.165) is 0 Å². The van der Waals surface area contributed by atoms with Gasteiger partial charge in [0.2, 0.25) is 0 Å². The molecule has 15 heavy (non-hydrogen) atoms. The van der Waals surface area contributed by atoms with E-state index in [4.69, 9.17) is 14.6 Å². The molecule has 1 aliphatic heterocycles. The molecule has 0 spiro atoms. The first-order valence-electron chi connectivity index (χ1n) is 5.05. The van der Waals surface area contributed by atoms with Gasteiger partial charge in [0.25, 0.3) is 0 Å². The molecule has 0 aromatic heterocycles. The van der Waals surface area contributed by atoms with Gasteiger partial charge in [0.1, 0.15) is 6.04 Å². The monoisotopic (exact) mass is 217 g/mol. The zero-order chi connectivity index (χ0) is 11.5. The lowest BCUT2D eigenvalue weighted by atomic mass is 10.00. The molecule has 88 valence electrons. The number of hydrogen-bond acceptors (Lipinski definition) is 4. The lowest BCUT2D eigenvalue weighted by Crippen LogP contribution is -2.60. The molecule has 0 amide bonds. The van der Waals surface area contributed by atoms with Crippen LogP contribution < -0.4 is 0 Å². The highest BCUT2D eigenvalue weighted by Gasteiger charge is 2.38. The number of morpholine rings is 1. The van der Waals surface area contributed by atoms with Crippen molar-refractivity contribution < 1.29 is 19.4 Å². The Hall–Kier alpha value is -0.650. The number of ether oxygens (including phenoxy) is 2. The number of carboxylic acid groups (broad SMARTS) is 1. The second-order valence-electron chi connectivity index (χ2n) is 4.37. The van der Waals surface area contributed by atoms with Crippen molar-refractivity contribution in [1.29, 1.82) is 0 Å². The fourth-order valence-electron chi connectivity index (χ4n) is 1.90. The second-order valence-corrected chi connectivity index (χ2v) is 4.37. The molecule has 1 atom stereocenters. The number of aliphatic carboxylic acids is 1. The molecule has 0 aromatic rings. The van der Waals surface area contributed by atoms with E-state index in [0.29, 0.717) is 19.8 Å². The molecule has 1 fully saturated rings. The van der Waals surface area contributed by atoms with Gasteiger partial charge in [-0.2, -0.15) is 0 Å². The largest absolute Gasteiger partial charge is 0.480 e. The van der Waals surface area contributed by atoms with Crippen LogP contribution in [0.2, 0.25) is 0 Å². The number of carbonyl (C=O) groups is 1. The summed E-state index contributed by atoms with van der Waals surface area (Å²) in [6, 6.07) is -0.589. The topological polar surface area (TPSA) is 59.0 Å². The zero-order valence-corrected chi connectivity index (χ0v) is 9.52. The van der Waals surface area contributed by atoms with Crippen LogP contribution in [0.3, 0.4) is 0 Å². The van der Waals surface area contributed by atoms with Gasteiger partial charge >= 0.3 is 5.97 Å². The lowest BCUT2D eigenvalue weighted by molar-refractivity contribution is -0.155. The standard InChI is InChI=1S/C10H19NO4/c1-10(2)7-15-5-4-11(10)8(6-14-3)9(12)13/h8H,4-7H2,1-3H3,(H,12,13). The normalized spacial score (nSPS) is 23.7. The first-order chi connectivity index (χ1) is 6.99.